The summed E-state index contributed by atoms with van der Waals surface area (Å²) < 4.78 is 13.5. The van der Waals surface area contributed by atoms with Crippen molar-refractivity contribution in [2.24, 2.45) is 0 Å². The molecule has 4 rings (SSSR count). The third-order valence-corrected chi connectivity index (χ3v) is 7.40. The highest BCUT2D eigenvalue weighted by atomic mass is 32.2. The first-order valence-corrected chi connectivity index (χ1v) is 12.4. The van der Waals surface area contributed by atoms with E-state index in [-0.39, 0.29) is 5.78 Å². The molecule has 0 saturated carbocycles. The van der Waals surface area contributed by atoms with Crippen LogP contribution in [0.5, 0.6) is 5.75 Å². The van der Waals surface area contributed by atoms with Gasteiger partial charge in [-0.3, -0.25) is 4.79 Å². The molecule has 0 aliphatic rings. The molecule has 3 aromatic heterocycles. The number of methoxy groups -OCH3 is 1. The number of carbonyl (C=O) groups is 1. The molecule has 0 fully saturated rings. The molecule has 0 unspecified atom stereocenters. The lowest BCUT2D eigenvalue weighted by Gasteiger charge is -2.10. The maximum Gasteiger partial charge on any atom is 0.206 e. The quantitative estimate of drug-likeness (QED) is 0.227. The lowest BCUT2D eigenvalue weighted by Crippen LogP contribution is -2.08. The van der Waals surface area contributed by atoms with Gasteiger partial charge in [-0.05, 0) is 56.2 Å². The van der Waals surface area contributed by atoms with Crippen molar-refractivity contribution in [1.29, 1.82) is 0 Å². The summed E-state index contributed by atoms with van der Waals surface area (Å²) in [5.41, 5.74) is 4.11. The van der Waals surface area contributed by atoms with Crippen LogP contribution in [0.2, 0.25) is 0 Å². The molecule has 9 heteroatoms. The second-order valence-corrected chi connectivity index (χ2v) is 9.75. The van der Waals surface area contributed by atoms with Gasteiger partial charge in [0.15, 0.2) is 10.1 Å². The molecule has 0 aliphatic carbocycles. The van der Waals surface area contributed by atoms with Crippen LogP contribution in [0.15, 0.2) is 57.5 Å². The average molecular weight is 483 g/mol. The van der Waals surface area contributed by atoms with Crippen LogP contribution >= 0.6 is 23.1 Å². The molecular weight excluding hydrogens is 456 g/mol. The number of thioether (sulfide) groups is 1. The highest BCUT2D eigenvalue weighted by Gasteiger charge is 2.17. The van der Waals surface area contributed by atoms with Gasteiger partial charge in [-0.2, -0.15) is 0 Å². The first-order chi connectivity index (χ1) is 16.0. The number of carbonyl (C=O) groups excluding carboxylic acids is 1. The van der Waals surface area contributed by atoms with Crippen LogP contribution in [-0.4, -0.2) is 33.4 Å². The number of nitrogens with zero attached hydrogens (tertiary/aromatic N) is 3. The topological polar surface area (TPSA) is 82.2 Å². The summed E-state index contributed by atoms with van der Waals surface area (Å²) in [6.45, 7) is 5.44. The number of furan rings is 1. The Morgan fingerprint density at radius 2 is 2.03 bits per heavy atom. The maximum atomic E-state index is 12.9. The van der Waals surface area contributed by atoms with Crippen molar-refractivity contribution in [3.8, 4) is 5.75 Å². The maximum absolute atomic E-state index is 12.9. The number of Topliss-reactive ketones (excluding diaryl/α,β-unsaturated/α-hetero) is 1. The van der Waals surface area contributed by atoms with Crippen LogP contribution < -0.4 is 10.1 Å². The van der Waals surface area contributed by atoms with E-state index in [1.807, 2.05) is 44.2 Å². The number of aromatic nitrogens is 3. The Kier molecular flexibility index (Phi) is 7.51. The summed E-state index contributed by atoms with van der Waals surface area (Å²) in [5.74, 6) is 2.12. The largest absolute Gasteiger partial charge is 0.497 e. The Morgan fingerprint density at radius 1 is 1.21 bits per heavy atom. The van der Waals surface area contributed by atoms with Gasteiger partial charge in [0, 0.05) is 23.5 Å². The van der Waals surface area contributed by atoms with E-state index in [9.17, 15) is 4.79 Å². The van der Waals surface area contributed by atoms with Gasteiger partial charge in [0.25, 0.3) is 0 Å². The van der Waals surface area contributed by atoms with Crippen molar-refractivity contribution in [3.05, 3.63) is 77.0 Å². The van der Waals surface area contributed by atoms with Gasteiger partial charge in [0.05, 0.1) is 25.7 Å². The Labute approximate surface area is 201 Å². The number of aryl methyl sites for hydroxylation is 2. The number of hydrogen-bond acceptors (Lipinski definition) is 8. The van der Waals surface area contributed by atoms with E-state index in [1.54, 1.807) is 13.4 Å². The standard InChI is InChI=1S/C24H26N4O3S2/c1-16-13-21(17(2)28(16)11-10-18-6-8-19(30-3)9-7-18)22(29)15-32-24-27-26-23(33-24)25-14-20-5-4-12-31-20/h4-9,12-13H,10-11,14-15H2,1-3H3,(H,25,26). The monoisotopic (exact) mass is 482 g/mol. The van der Waals surface area contributed by atoms with E-state index >= 15 is 0 Å². The fraction of sp³-hybridized carbons (Fsp3) is 0.292. The first-order valence-electron chi connectivity index (χ1n) is 10.6. The SMILES string of the molecule is COc1ccc(CCn2c(C)cc(C(=O)CSc3nnc(NCc4ccco4)s3)c2C)cc1. The van der Waals surface area contributed by atoms with Crippen molar-refractivity contribution in [1.82, 2.24) is 14.8 Å². The molecule has 0 radical (unpaired) electrons. The Bertz CT molecular complexity index is 1200. The second-order valence-electron chi connectivity index (χ2n) is 7.55. The lowest BCUT2D eigenvalue weighted by atomic mass is 10.1. The second kappa shape index (κ2) is 10.7. The smallest absolute Gasteiger partial charge is 0.206 e. The zero-order valence-electron chi connectivity index (χ0n) is 18.8. The third kappa shape index (κ3) is 5.85. The van der Waals surface area contributed by atoms with Crippen LogP contribution in [0.25, 0.3) is 0 Å². The molecule has 1 aromatic carbocycles. The number of anilines is 1. The number of ether oxygens (including phenoxy) is 1. The normalized spacial score (nSPS) is 11.0. The fourth-order valence-electron chi connectivity index (χ4n) is 3.58. The summed E-state index contributed by atoms with van der Waals surface area (Å²) in [5, 5.41) is 12.2. The van der Waals surface area contributed by atoms with Crippen LogP contribution in [0, 0.1) is 13.8 Å². The Balaban J connectivity index is 1.32. The highest BCUT2D eigenvalue weighted by Crippen LogP contribution is 2.27. The summed E-state index contributed by atoms with van der Waals surface area (Å²) in [6, 6.07) is 13.8. The van der Waals surface area contributed by atoms with E-state index < -0.39 is 0 Å². The van der Waals surface area contributed by atoms with E-state index in [4.69, 9.17) is 9.15 Å². The van der Waals surface area contributed by atoms with Crippen LogP contribution in [0.3, 0.4) is 0 Å². The summed E-state index contributed by atoms with van der Waals surface area (Å²) in [7, 11) is 1.67. The van der Waals surface area contributed by atoms with E-state index in [0.29, 0.717) is 17.4 Å². The molecule has 0 bridgehead atoms. The average Bonchev–Trinajstić information content (AvgIpc) is 3.57. The molecule has 4 aromatic rings. The van der Waals surface area contributed by atoms with E-state index in [1.165, 1.54) is 28.7 Å². The molecule has 0 atom stereocenters. The molecule has 0 saturated heterocycles. The third-order valence-electron chi connectivity index (χ3n) is 5.38. The number of ketones is 1. The fourth-order valence-corrected chi connectivity index (χ4v) is 5.21. The van der Waals surface area contributed by atoms with E-state index in [2.05, 4.69) is 32.2 Å². The minimum absolute atomic E-state index is 0.101. The molecule has 0 spiro atoms. The zero-order chi connectivity index (χ0) is 23.2. The molecule has 172 valence electrons. The van der Waals surface area contributed by atoms with Gasteiger partial charge in [0.1, 0.15) is 11.5 Å². The van der Waals surface area contributed by atoms with Crippen molar-refractivity contribution in [2.45, 2.75) is 37.7 Å². The highest BCUT2D eigenvalue weighted by molar-refractivity contribution is 8.01. The minimum atomic E-state index is 0.101. The number of hydrogen-bond donors (Lipinski definition) is 1. The van der Waals surface area contributed by atoms with Crippen molar-refractivity contribution in [3.63, 3.8) is 0 Å². The summed E-state index contributed by atoms with van der Waals surface area (Å²) in [4.78, 5) is 12.9. The summed E-state index contributed by atoms with van der Waals surface area (Å²) >= 11 is 2.85. The van der Waals surface area contributed by atoms with Crippen LogP contribution in [0.4, 0.5) is 5.13 Å². The van der Waals surface area contributed by atoms with E-state index in [0.717, 1.165) is 45.8 Å². The molecular formula is C24H26N4O3S2. The number of nitrogens with one attached hydrogen (secondary N) is 1. The molecule has 33 heavy (non-hydrogen) atoms. The molecule has 7 nitrogen and oxygen atoms in total. The lowest BCUT2D eigenvalue weighted by molar-refractivity contribution is 0.102. The molecule has 3 heterocycles. The molecule has 0 aliphatic heterocycles. The Hall–Kier alpha value is -3.04. The van der Waals surface area contributed by atoms with Crippen molar-refractivity contribution < 1.29 is 13.9 Å². The van der Waals surface area contributed by atoms with Gasteiger partial charge < -0.3 is 19.0 Å². The molecule has 0 amide bonds. The number of benzene rings is 1. The first kappa shape index (κ1) is 23.1. The zero-order valence-corrected chi connectivity index (χ0v) is 20.5. The van der Waals surface area contributed by atoms with Crippen LogP contribution in [-0.2, 0) is 19.5 Å². The van der Waals surface area contributed by atoms with Gasteiger partial charge >= 0.3 is 0 Å². The predicted octanol–water partition coefficient (Wildman–Crippen LogP) is 5.39. The van der Waals surface area contributed by atoms with Gasteiger partial charge in [-0.1, -0.05) is 35.2 Å². The van der Waals surface area contributed by atoms with Gasteiger partial charge in [-0.15, -0.1) is 10.2 Å². The Morgan fingerprint density at radius 3 is 2.76 bits per heavy atom. The number of rotatable bonds is 11. The predicted molar refractivity (Wildman–Crippen MR) is 132 cm³/mol. The molecule has 1 N–H and O–H groups in total. The van der Waals surface area contributed by atoms with Crippen molar-refractivity contribution in [2.75, 3.05) is 18.2 Å². The van der Waals surface area contributed by atoms with Crippen molar-refractivity contribution >= 4 is 34.0 Å². The minimum Gasteiger partial charge on any atom is -0.497 e. The van der Waals surface area contributed by atoms with Crippen LogP contribution in [0.1, 0.15) is 33.1 Å². The van der Waals surface area contributed by atoms with Gasteiger partial charge in [-0.25, -0.2) is 0 Å². The van der Waals surface area contributed by atoms with Gasteiger partial charge in [0.2, 0.25) is 5.13 Å². The summed E-state index contributed by atoms with van der Waals surface area (Å²) in [6.07, 6.45) is 2.53.